The molecule has 4 unspecified atom stereocenters. The lowest BCUT2D eigenvalue weighted by Crippen LogP contribution is -2.42. The largest absolute Gasteiger partial charge is 0.480 e. The highest BCUT2D eigenvalue weighted by molar-refractivity contribution is 5.83. The predicted octanol–water partition coefficient (Wildman–Crippen LogP) is 24.5. The van der Waals surface area contributed by atoms with E-state index in [0.717, 1.165) is 142 Å². The van der Waals surface area contributed by atoms with Crippen LogP contribution in [0.15, 0.2) is 72.8 Å². The molecule has 10 aliphatic carbocycles. The number of piperidine rings is 1. The normalized spacial score (nSPS) is 20.2. The molecule has 9 N–H and O–H groups in total. The second-order valence-electron chi connectivity index (χ2n) is 39.2. The van der Waals surface area contributed by atoms with E-state index in [4.69, 9.17) is 64.0 Å². The van der Waals surface area contributed by atoms with Crippen molar-refractivity contribution in [2.75, 3.05) is 67.0 Å². The maximum atomic E-state index is 11.2. The number of carboxylic acid groups (broad SMARTS) is 4. The minimum absolute atomic E-state index is 0. The van der Waals surface area contributed by atoms with Crippen molar-refractivity contribution in [2.24, 2.45) is 23.7 Å². The summed E-state index contributed by atoms with van der Waals surface area (Å²) in [5.41, 5.74) is 18.9. The monoisotopic (exact) mass is 2090 g/mol. The minimum atomic E-state index is -1.09. The van der Waals surface area contributed by atoms with Gasteiger partial charge in [0.15, 0.2) is 0 Å². The number of rotatable bonds is 36. The molecular weight excluding hydrogens is 1880 g/mol. The van der Waals surface area contributed by atoms with Crippen molar-refractivity contribution in [1.82, 2.24) is 46.5 Å². The standard InChI is InChI=1S/2C21H30N2O5.2C21H30N2O4.C9H10.C5H11N.C5H10O.C5H10.4C2H6.5CH4/c2*1-27-21(26)23-19(20(24)25)10-11-28-17-12-14(13-17)6-8-16-9-7-15-4-2-3-5-18(15)22-16;2*1-14(24)22-20(21(25)26)10-11-27-18-12-15(13-18)6-8-17-9-7-16-4-2-3-5-19(16)23-17;1-2-5-9-7-3-6-8(9)4-1;2*1-2-4-6-5-3-1;1-2-4-5-3-1;4*1-2;;;;;/h2*7,9,14,17,19H,2-6,8,10-13H2,1H3,(H,23,26)(H,24,25);2*7,9,15,18,20H,2-6,8,10-13H2,1H3,(H,22,24)(H,25,26);1-2,4-5H,3,6-7H2;6H,1-5H2;1-5H2;1-5H2;4*1-2H3;5*1H4. The second-order valence-corrected chi connectivity index (χ2v) is 39.2. The van der Waals surface area contributed by atoms with E-state index in [9.17, 15) is 38.4 Å². The first kappa shape index (κ1) is 138. The van der Waals surface area contributed by atoms with Crippen molar-refractivity contribution in [3.8, 4) is 0 Å². The molecule has 28 heteroatoms. The van der Waals surface area contributed by atoms with Gasteiger partial charge in [-0.25, -0.2) is 28.8 Å². The third-order valence-corrected chi connectivity index (χ3v) is 28.4. The summed E-state index contributed by atoms with van der Waals surface area (Å²) in [5.74, 6) is -2.25. The summed E-state index contributed by atoms with van der Waals surface area (Å²) in [6.45, 7) is 24.5. The maximum Gasteiger partial charge on any atom is 0.407 e. The number of aliphatic carboxylic acids is 4. The van der Waals surface area contributed by atoms with Crippen molar-refractivity contribution < 1.29 is 91.9 Å². The molecule has 0 spiro atoms. The van der Waals surface area contributed by atoms with Crippen LogP contribution < -0.4 is 26.6 Å². The van der Waals surface area contributed by atoms with Crippen LogP contribution in [-0.4, -0.2) is 204 Å². The van der Waals surface area contributed by atoms with E-state index >= 15 is 0 Å². The Balaban J connectivity index is 0.000000885. The highest BCUT2D eigenvalue weighted by Gasteiger charge is 2.35. The van der Waals surface area contributed by atoms with E-state index in [1.165, 1.54) is 276 Å². The quantitative estimate of drug-likeness (QED) is 0.0180. The summed E-state index contributed by atoms with van der Waals surface area (Å²) in [6.07, 6.45) is 56.0. The number of carbonyl (C=O) groups is 8. The lowest BCUT2D eigenvalue weighted by molar-refractivity contribution is -0.143. The van der Waals surface area contributed by atoms with Gasteiger partial charge in [-0.2, -0.15) is 0 Å². The number of nitrogens with zero attached hydrogens (tertiary/aromatic N) is 4. The van der Waals surface area contributed by atoms with E-state index in [1.807, 2.05) is 55.4 Å². The Bertz CT molecular complexity index is 4130. The van der Waals surface area contributed by atoms with Crippen LogP contribution in [0.2, 0.25) is 0 Å². The lowest BCUT2D eigenvalue weighted by atomic mass is 9.79. The molecule has 149 heavy (non-hydrogen) atoms. The number of hydrogen-bond donors (Lipinski definition) is 9. The molecule has 6 heterocycles. The fourth-order valence-electron chi connectivity index (χ4n) is 19.9. The minimum Gasteiger partial charge on any atom is -0.480 e. The van der Waals surface area contributed by atoms with Crippen molar-refractivity contribution in [3.05, 3.63) is 152 Å². The number of ether oxygens (including phenoxy) is 7. The molecule has 28 nitrogen and oxygen atoms in total. The van der Waals surface area contributed by atoms with Gasteiger partial charge in [0, 0.05) is 125 Å². The van der Waals surface area contributed by atoms with Crippen LogP contribution in [0.4, 0.5) is 9.59 Å². The Morgan fingerprint density at radius 3 is 0.758 bits per heavy atom. The van der Waals surface area contributed by atoms with E-state index in [-0.39, 0.29) is 86.2 Å². The van der Waals surface area contributed by atoms with E-state index < -0.39 is 60.2 Å². The average molecular weight is 2090 g/mol. The first-order chi connectivity index (χ1) is 70.1. The van der Waals surface area contributed by atoms with Gasteiger partial charge in [-0.1, -0.05) is 180 Å². The topological polar surface area (TPSA) is 394 Å². The molecule has 1 aromatic carbocycles. The molecule has 17 rings (SSSR count). The fourth-order valence-corrected chi connectivity index (χ4v) is 19.9. The van der Waals surface area contributed by atoms with Gasteiger partial charge in [0.2, 0.25) is 11.8 Å². The average Bonchev–Trinajstić information content (AvgIpc) is 1.59. The number of methoxy groups -OCH3 is 2. The van der Waals surface area contributed by atoms with Crippen molar-refractivity contribution in [2.45, 2.75) is 476 Å². The summed E-state index contributed by atoms with van der Waals surface area (Å²) in [6, 6.07) is 22.8. The van der Waals surface area contributed by atoms with Crippen LogP contribution >= 0.6 is 0 Å². The van der Waals surface area contributed by atoms with Crippen molar-refractivity contribution >= 4 is 47.9 Å². The van der Waals surface area contributed by atoms with Crippen LogP contribution in [0.25, 0.3) is 0 Å². The molecule has 2 aliphatic heterocycles. The van der Waals surface area contributed by atoms with Gasteiger partial charge in [0.25, 0.3) is 0 Å². The summed E-state index contributed by atoms with van der Waals surface area (Å²) < 4.78 is 37.0. The Hall–Kier alpha value is -9.06. The molecule has 848 valence electrons. The van der Waals surface area contributed by atoms with Crippen LogP contribution in [0.5, 0.6) is 0 Å². The summed E-state index contributed by atoms with van der Waals surface area (Å²) in [5, 5.41) is 49.1. The summed E-state index contributed by atoms with van der Waals surface area (Å²) >= 11 is 0. The number of hydrogen-bond acceptors (Lipinski definition) is 20. The number of alkyl carbamates (subject to hydrolysis) is 2. The molecular formula is C121H205N9O19. The van der Waals surface area contributed by atoms with Gasteiger partial charge < -0.3 is 80.2 Å². The van der Waals surface area contributed by atoms with E-state index in [0.29, 0.717) is 62.9 Å². The molecule has 0 radical (unpaired) electrons. The third-order valence-electron chi connectivity index (χ3n) is 28.4. The highest BCUT2D eigenvalue weighted by Crippen LogP contribution is 2.39. The van der Waals surface area contributed by atoms with Crippen LogP contribution in [0.1, 0.15) is 416 Å². The van der Waals surface area contributed by atoms with Crippen LogP contribution in [-0.2, 0) is 152 Å². The SMILES string of the molecule is C.C.C.C.C.C1CCCC1.C1CCNCC1.C1CCOCC1.CC.CC.CC.CC.CC(=O)NC(CCOC1CC(CCc2ccc3c(n2)CCCC3)C1)C(=O)O.CC(=O)NC(CCOC1CC(CCc2ccc3c(n2)CCCC3)C1)C(=O)O.COC(=O)NC(CCOC1CC(CCc2ccc3c(n2)CCCC3)C1)C(=O)O.COC(=O)NC(CCOC1CC(CCc2ccc3c(n2)CCCC3)C1)C(=O)O.c1ccc2c(c1)CCC2. The second kappa shape index (κ2) is 82.6. The smallest absolute Gasteiger partial charge is 0.407 e. The summed E-state index contributed by atoms with van der Waals surface area (Å²) in [4.78, 5) is 108. The molecule has 2 saturated heterocycles. The van der Waals surface area contributed by atoms with Crippen molar-refractivity contribution in [3.63, 3.8) is 0 Å². The zero-order chi connectivity index (χ0) is 104. The first-order valence-electron chi connectivity index (χ1n) is 56.0. The number of carboxylic acids is 4. The molecule has 0 bridgehead atoms. The van der Waals surface area contributed by atoms with Gasteiger partial charge >= 0.3 is 36.1 Å². The molecule has 4 aromatic heterocycles. The van der Waals surface area contributed by atoms with Gasteiger partial charge in [-0.15, -0.1) is 0 Å². The van der Waals surface area contributed by atoms with Gasteiger partial charge in [0.1, 0.15) is 24.2 Å². The number of fused-ring (bicyclic) bond motifs is 5. The first-order valence-corrected chi connectivity index (χ1v) is 56.0. The van der Waals surface area contributed by atoms with Gasteiger partial charge in [0.05, 0.1) is 38.6 Å². The molecule has 7 fully saturated rings. The number of pyridine rings is 4. The molecule has 4 atom stereocenters. The number of benzene rings is 1. The summed E-state index contributed by atoms with van der Waals surface area (Å²) in [7, 11) is 2.41. The highest BCUT2D eigenvalue weighted by atomic mass is 16.5. The van der Waals surface area contributed by atoms with Gasteiger partial charge in [-0.3, -0.25) is 29.5 Å². The number of amides is 4. The van der Waals surface area contributed by atoms with E-state index in [1.54, 1.807) is 11.1 Å². The predicted molar refractivity (Wildman–Crippen MR) is 602 cm³/mol. The number of aromatic nitrogens is 4. The van der Waals surface area contributed by atoms with Crippen LogP contribution in [0, 0.1) is 23.7 Å². The van der Waals surface area contributed by atoms with E-state index in [2.05, 4.69) is 109 Å². The maximum absolute atomic E-state index is 11.2. The third kappa shape index (κ3) is 55.4. The lowest BCUT2D eigenvalue weighted by Gasteiger charge is -2.35. The zero-order valence-corrected chi connectivity index (χ0v) is 90.1. The molecule has 5 saturated carbocycles. The Morgan fingerprint density at radius 1 is 0.315 bits per heavy atom. The van der Waals surface area contributed by atoms with Crippen LogP contribution in [0.3, 0.4) is 0 Å². The van der Waals surface area contributed by atoms with Gasteiger partial charge in [-0.05, 0) is 351 Å². The van der Waals surface area contributed by atoms with Crippen molar-refractivity contribution in [1.29, 1.82) is 0 Å². The zero-order valence-electron chi connectivity index (χ0n) is 90.1. The fraction of sp³-hybridized carbons (Fsp3) is 0.719. The Kier molecular flexibility index (Phi) is 76.4. The number of carbonyl (C=O) groups excluding carboxylic acids is 4. The Morgan fingerprint density at radius 2 is 0.550 bits per heavy atom. The number of nitrogens with one attached hydrogen (secondary N) is 5. The molecule has 5 aromatic rings. The number of aryl methyl sites for hydroxylation is 14. The molecule has 4 amide bonds. The Labute approximate surface area is 899 Å². The molecule has 12 aliphatic rings.